The van der Waals surface area contributed by atoms with Gasteiger partial charge in [0.1, 0.15) is 5.75 Å². The van der Waals surface area contributed by atoms with E-state index >= 15 is 8.78 Å². The fraction of sp³-hybridized carbons (Fsp3) is 0.433. The molecule has 2 aliphatic rings. The van der Waals surface area contributed by atoms with Gasteiger partial charge in [-0.2, -0.15) is 13.1 Å². The molecule has 1 unspecified atom stereocenters. The Kier molecular flexibility index (Phi) is 8.57. The topological polar surface area (TPSA) is 92.9 Å². The highest BCUT2D eigenvalue weighted by atomic mass is 35.5. The Morgan fingerprint density at radius 1 is 1.00 bits per heavy atom. The zero-order valence-electron chi connectivity index (χ0n) is 22.8. The second-order valence-electron chi connectivity index (χ2n) is 10.9. The summed E-state index contributed by atoms with van der Waals surface area (Å²) in [5.41, 5.74) is 5.44. The maximum Gasteiger partial charge on any atom is 0.298 e. The highest BCUT2D eigenvalue weighted by Gasteiger charge is 2.53. The summed E-state index contributed by atoms with van der Waals surface area (Å²) in [7, 11) is -3.50. The molecular formula is C30H34ClF2N3O4S. The van der Waals surface area contributed by atoms with E-state index in [2.05, 4.69) is 0 Å². The molecule has 1 aliphatic carbocycles. The van der Waals surface area contributed by atoms with E-state index in [-0.39, 0.29) is 35.2 Å². The van der Waals surface area contributed by atoms with Crippen molar-refractivity contribution in [2.75, 3.05) is 20.1 Å². The minimum absolute atomic E-state index is 0.141. The van der Waals surface area contributed by atoms with E-state index in [9.17, 15) is 13.2 Å². The van der Waals surface area contributed by atoms with Gasteiger partial charge in [0.05, 0.1) is 11.0 Å². The summed E-state index contributed by atoms with van der Waals surface area (Å²) in [5, 5.41) is 1.60. The predicted octanol–water partition coefficient (Wildman–Crippen LogP) is 5.55. The number of fused-ring (bicyclic) bond motifs is 1. The number of hydrogen-bond acceptors (Lipinski definition) is 5. The number of sulfonamides is 1. The molecule has 0 spiro atoms. The quantitative estimate of drug-likeness (QED) is 0.364. The number of nitrogens with zero attached hydrogens (tertiary/aromatic N) is 2. The van der Waals surface area contributed by atoms with Crippen LogP contribution in [0.4, 0.5) is 8.78 Å². The van der Waals surface area contributed by atoms with Gasteiger partial charge in [0.15, 0.2) is 6.04 Å². The van der Waals surface area contributed by atoms with Crippen molar-refractivity contribution in [3.05, 3.63) is 71.2 Å². The van der Waals surface area contributed by atoms with Crippen LogP contribution in [0.2, 0.25) is 5.02 Å². The van der Waals surface area contributed by atoms with E-state index in [1.807, 2.05) is 6.07 Å². The first-order valence-electron chi connectivity index (χ1n) is 13.8. The van der Waals surface area contributed by atoms with Gasteiger partial charge in [-0.1, -0.05) is 35.9 Å². The number of benzene rings is 3. The molecule has 0 bridgehead atoms. The fourth-order valence-electron chi connectivity index (χ4n) is 5.60. The van der Waals surface area contributed by atoms with Gasteiger partial charge in [0, 0.05) is 36.8 Å². The van der Waals surface area contributed by atoms with Crippen LogP contribution in [0.1, 0.15) is 44.1 Å². The lowest BCUT2D eigenvalue weighted by atomic mass is 9.98. The van der Waals surface area contributed by atoms with Gasteiger partial charge >= 0.3 is 0 Å². The van der Waals surface area contributed by atoms with Crippen molar-refractivity contribution in [1.82, 2.24) is 9.21 Å². The summed E-state index contributed by atoms with van der Waals surface area (Å²) in [6.45, 7) is 0.338. The number of piperidine rings is 1. The average Bonchev–Trinajstić information content (AvgIpc) is 3.46. The monoisotopic (exact) mass is 605 g/mol. The zero-order chi connectivity index (χ0) is 29.4. The van der Waals surface area contributed by atoms with E-state index < -0.39 is 33.5 Å². The van der Waals surface area contributed by atoms with Crippen molar-refractivity contribution in [3.63, 3.8) is 0 Å². The van der Waals surface area contributed by atoms with Gasteiger partial charge < -0.3 is 15.4 Å². The summed E-state index contributed by atoms with van der Waals surface area (Å²) in [6.07, 6.45) is 5.35. The summed E-state index contributed by atoms with van der Waals surface area (Å²) < 4.78 is 66.6. The molecule has 7 nitrogen and oxygen atoms in total. The van der Waals surface area contributed by atoms with Crippen molar-refractivity contribution in [1.29, 1.82) is 0 Å². The van der Waals surface area contributed by atoms with E-state index in [0.29, 0.717) is 28.3 Å². The third-order valence-corrected chi connectivity index (χ3v) is 10.2. The number of rotatable bonds is 8. The number of carbonyl (C=O) groups excluding carboxylic acids is 1. The third-order valence-electron chi connectivity index (χ3n) is 8.09. The molecule has 1 heterocycles. The maximum absolute atomic E-state index is 16.2. The van der Waals surface area contributed by atoms with Crippen LogP contribution in [-0.4, -0.2) is 61.9 Å². The lowest BCUT2D eigenvalue weighted by Gasteiger charge is -2.38. The SMILES string of the molecule is CN(C(C(=O)N1CCC(N)CC1)C(F)(F)c1ccc(Cl)cc1)S(=O)(=O)c1ccc2cc(OC3CCCC3)ccc2c1. The van der Waals surface area contributed by atoms with Crippen molar-refractivity contribution in [2.24, 2.45) is 5.73 Å². The largest absolute Gasteiger partial charge is 0.490 e. The molecule has 1 amide bonds. The molecule has 0 aromatic heterocycles. The fourth-order valence-corrected chi connectivity index (χ4v) is 7.08. The minimum atomic E-state index is -4.53. The molecule has 41 heavy (non-hydrogen) atoms. The number of likely N-dealkylation sites (N-methyl/N-ethyl adjacent to an activating group) is 1. The highest BCUT2D eigenvalue weighted by Crippen LogP contribution is 2.38. The molecule has 2 fully saturated rings. The van der Waals surface area contributed by atoms with Gasteiger partial charge in [0.25, 0.3) is 5.92 Å². The number of alkyl halides is 2. The number of hydrogen-bond donors (Lipinski definition) is 1. The molecule has 11 heteroatoms. The van der Waals surface area contributed by atoms with Crippen LogP contribution in [-0.2, 0) is 20.7 Å². The van der Waals surface area contributed by atoms with Crippen LogP contribution >= 0.6 is 11.6 Å². The summed E-state index contributed by atoms with van der Waals surface area (Å²) in [4.78, 5) is 14.7. The standard InChI is InChI=1S/C30H34ClF2N3O4S/c1-35(28(29(37)36-16-14-24(34)15-17-36)30(32,33)22-8-10-23(31)11-9-22)41(38,39)27-13-7-20-18-26(12-6-21(20)19-27)40-25-4-2-3-5-25/h6-13,18-19,24-25,28H,2-5,14-17,34H2,1H3. The van der Waals surface area contributed by atoms with E-state index in [0.717, 1.165) is 50.2 Å². The minimum Gasteiger partial charge on any atom is -0.490 e. The first-order chi connectivity index (χ1) is 19.5. The number of carbonyl (C=O) groups is 1. The lowest BCUT2D eigenvalue weighted by Crippen LogP contribution is -2.58. The van der Waals surface area contributed by atoms with E-state index in [1.165, 1.54) is 29.2 Å². The Hall–Kier alpha value is -2.79. The Labute approximate surface area is 244 Å². The first-order valence-corrected chi connectivity index (χ1v) is 15.7. The van der Waals surface area contributed by atoms with Gasteiger partial charge in [-0.15, -0.1) is 0 Å². The lowest BCUT2D eigenvalue weighted by molar-refractivity contribution is -0.151. The predicted molar refractivity (Wildman–Crippen MR) is 155 cm³/mol. The van der Waals surface area contributed by atoms with Crippen molar-refractivity contribution in [3.8, 4) is 5.75 Å². The average molecular weight is 606 g/mol. The number of nitrogens with two attached hydrogens (primary N) is 1. The maximum atomic E-state index is 16.2. The van der Waals surface area contributed by atoms with Crippen LogP contribution in [0.25, 0.3) is 10.8 Å². The second-order valence-corrected chi connectivity index (χ2v) is 13.3. The smallest absolute Gasteiger partial charge is 0.298 e. The van der Waals surface area contributed by atoms with Crippen LogP contribution in [0.3, 0.4) is 0 Å². The molecule has 3 aromatic rings. The summed E-state index contributed by atoms with van der Waals surface area (Å²) >= 11 is 5.91. The third kappa shape index (κ3) is 6.21. The normalized spacial score (nSPS) is 18.2. The molecule has 2 N–H and O–H groups in total. The Bertz CT molecular complexity index is 1510. The van der Waals surface area contributed by atoms with Gasteiger partial charge in [-0.05, 0) is 85.7 Å². The van der Waals surface area contributed by atoms with Crippen LogP contribution < -0.4 is 10.5 Å². The van der Waals surface area contributed by atoms with E-state index in [4.69, 9.17) is 22.1 Å². The van der Waals surface area contributed by atoms with Crippen LogP contribution in [0.5, 0.6) is 5.75 Å². The Balaban J connectivity index is 1.48. The van der Waals surface area contributed by atoms with Gasteiger partial charge in [-0.25, -0.2) is 8.42 Å². The van der Waals surface area contributed by atoms with Crippen LogP contribution in [0.15, 0.2) is 65.6 Å². The molecule has 1 saturated heterocycles. The molecule has 220 valence electrons. The molecule has 1 atom stereocenters. The first kappa shape index (κ1) is 29.7. The summed E-state index contributed by atoms with van der Waals surface area (Å²) in [5.74, 6) is -4.13. The number of ether oxygens (including phenoxy) is 1. The zero-order valence-corrected chi connectivity index (χ0v) is 24.4. The molecular weight excluding hydrogens is 572 g/mol. The van der Waals surface area contributed by atoms with Crippen molar-refractivity contribution < 1.29 is 26.7 Å². The molecule has 5 rings (SSSR count). The number of likely N-dealkylation sites (tertiary alicyclic amines) is 1. The van der Waals surface area contributed by atoms with Crippen molar-refractivity contribution >= 4 is 38.3 Å². The molecule has 3 aromatic carbocycles. The highest BCUT2D eigenvalue weighted by molar-refractivity contribution is 7.89. The molecule has 1 saturated carbocycles. The van der Waals surface area contributed by atoms with Gasteiger partial charge in [-0.3, -0.25) is 4.79 Å². The summed E-state index contributed by atoms with van der Waals surface area (Å²) in [6, 6.07) is 12.1. The van der Waals surface area contributed by atoms with Crippen molar-refractivity contribution in [2.45, 2.75) is 67.5 Å². The van der Waals surface area contributed by atoms with E-state index in [1.54, 1.807) is 18.2 Å². The Morgan fingerprint density at radius 3 is 2.27 bits per heavy atom. The molecule has 1 aliphatic heterocycles. The molecule has 0 radical (unpaired) electrons. The van der Waals surface area contributed by atoms with Gasteiger partial charge in [0.2, 0.25) is 15.9 Å². The number of amides is 1. The Morgan fingerprint density at radius 2 is 1.61 bits per heavy atom. The second kappa shape index (κ2) is 11.8. The number of halogens is 3. The van der Waals surface area contributed by atoms with Crippen LogP contribution in [0, 0.1) is 0 Å².